The first-order chi connectivity index (χ1) is 7.72. The Labute approximate surface area is 96.0 Å². The van der Waals surface area contributed by atoms with Crippen LogP contribution in [0.2, 0.25) is 0 Å². The van der Waals surface area contributed by atoms with E-state index in [2.05, 4.69) is 4.90 Å². The Bertz CT molecular complexity index is 385. The number of ether oxygens (including phenoxy) is 1. The third-order valence-corrected chi connectivity index (χ3v) is 2.95. The van der Waals surface area contributed by atoms with Gasteiger partial charge in [-0.05, 0) is 30.9 Å². The van der Waals surface area contributed by atoms with Crippen molar-refractivity contribution in [1.82, 2.24) is 0 Å². The average molecular weight is 219 g/mol. The highest BCUT2D eigenvalue weighted by Gasteiger charge is 2.24. The summed E-state index contributed by atoms with van der Waals surface area (Å²) in [6.07, 6.45) is 2.62. The topological polar surface area (TPSA) is 29.5 Å². The zero-order chi connectivity index (χ0) is 11.5. The van der Waals surface area contributed by atoms with Crippen molar-refractivity contribution < 1.29 is 9.53 Å². The van der Waals surface area contributed by atoms with E-state index in [0.29, 0.717) is 5.56 Å². The molecule has 2 rings (SSSR count). The molecule has 1 aromatic carbocycles. The molecule has 0 N–H and O–H groups in total. The molecule has 0 saturated heterocycles. The van der Waals surface area contributed by atoms with E-state index in [0.717, 1.165) is 18.2 Å². The van der Waals surface area contributed by atoms with Crippen LogP contribution in [0.4, 0.5) is 5.69 Å². The minimum atomic E-state index is -0.266. The van der Waals surface area contributed by atoms with Gasteiger partial charge in [0, 0.05) is 13.6 Å². The maximum Gasteiger partial charge on any atom is 0.339 e. The number of esters is 1. The minimum Gasteiger partial charge on any atom is -0.465 e. The van der Waals surface area contributed by atoms with E-state index in [1.54, 1.807) is 0 Å². The molecule has 0 aliphatic heterocycles. The van der Waals surface area contributed by atoms with Crippen molar-refractivity contribution in [3.8, 4) is 0 Å². The maximum atomic E-state index is 11.6. The van der Waals surface area contributed by atoms with Crippen LogP contribution in [0, 0.1) is 5.92 Å². The second-order valence-corrected chi connectivity index (χ2v) is 4.33. The van der Waals surface area contributed by atoms with Crippen LogP contribution in [0.25, 0.3) is 0 Å². The molecule has 0 unspecified atom stereocenters. The molecule has 0 heterocycles. The summed E-state index contributed by atoms with van der Waals surface area (Å²) in [7, 11) is 3.44. The molecule has 3 nitrogen and oxygen atoms in total. The predicted molar refractivity (Wildman–Crippen MR) is 63.8 cm³/mol. The molecule has 1 aromatic rings. The van der Waals surface area contributed by atoms with E-state index in [1.165, 1.54) is 20.0 Å². The number of carbonyl (C=O) groups excluding carboxylic acids is 1. The van der Waals surface area contributed by atoms with Crippen LogP contribution >= 0.6 is 0 Å². The predicted octanol–water partition coefficient (Wildman–Crippen LogP) is 2.32. The van der Waals surface area contributed by atoms with Crippen LogP contribution in [0.1, 0.15) is 23.2 Å². The van der Waals surface area contributed by atoms with Gasteiger partial charge >= 0.3 is 5.97 Å². The minimum absolute atomic E-state index is 0.266. The first-order valence-corrected chi connectivity index (χ1v) is 5.61. The first kappa shape index (κ1) is 11.0. The van der Waals surface area contributed by atoms with Crippen LogP contribution in [0.15, 0.2) is 24.3 Å². The van der Waals surface area contributed by atoms with Gasteiger partial charge in [-0.1, -0.05) is 12.1 Å². The summed E-state index contributed by atoms with van der Waals surface area (Å²) < 4.78 is 4.78. The number of rotatable bonds is 4. The number of methoxy groups -OCH3 is 1. The largest absolute Gasteiger partial charge is 0.465 e. The van der Waals surface area contributed by atoms with Crippen LogP contribution < -0.4 is 4.90 Å². The molecule has 0 bridgehead atoms. The number of hydrogen-bond donors (Lipinski definition) is 0. The summed E-state index contributed by atoms with van der Waals surface area (Å²) in [5.74, 6) is 0.536. The van der Waals surface area contributed by atoms with Gasteiger partial charge in [0.05, 0.1) is 18.4 Å². The third kappa shape index (κ3) is 2.35. The van der Waals surface area contributed by atoms with E-state index in [1.807, 2.05) is 31.3 Å². The van der Waals surface area contributed by atoms with Gasteiger partial charge in [0.2, 0.25) is 0 Å². The molecule has 86 valence electrons. The fourth-order valence-corrected chi connectivity index (χ4v) is 1.88. The van der Waals surface area contributed by atoms with Gasteiger partial charge in [0.15, 0.2) is 0 Å². The van der Waals surface area contributed by atoms with Crippen LogP contribution in [0.5, 0.6) is 0 Å². The van der Waals surface area contributed by atoms with Gasteiger partial charge in [-0.15, -0.1) is 0 Å². The third-order valence-electron chi connectivity index (χ3n) is 2.95. The molecular weight excluding hydrogens is 202 g/mol. The fourth-order valence-electron chi connectivity index (χ4n) is 1.88. The van der Waals surface area contributed by atoms with E-state index in [9.17, 15) is 4.79 Å². The Kier molecular flexibility index (Phi) is 3.13. The molecule has 3 heteroatoms. The monoisotopic (exact) mass is 219 g/mol. The summed E-state index contributed by atoms with van der Waals surface area (Å²) in [6, 6.07) is 7.59. The standard InChI is InChI=1S/C13H17NO2/c1-14(9-10-7-8-10)12-6-4-3-5-11(12)13(15)16-2/h3-6,10H,7-9H2,1-2H3. The molecule has 0 spiro atoms. The van der Waals surface area contributed by atoms with Crippen molar-refractivity contribution in [1.29, 1.82) is 0 Å². The maximum absolute atomic E-state index is 11.6. The summed E-state index contributed by atoms with van der Waals surface area (Å²) in [5, 5.41) is 0. The van der Waals surface area contributed by atoms with Crippen molar-refractivity contribution in [2.45, 2.75) is 12.8 Å². The summed E-state index contributed by atoms with van der Waals surface area (Å²) in [4.78, 5) is 13.7. The number of hydrogen-bond acceptors (Lipinski definition) is 3. The Balaban J connectivity index is 2.20. The normalized spacial score (nSPS) is 14.6. The summed E-state index contributed by atoms with van der Waals surface area (Å²) in [6.45, 7) is 1.02. The number of para-hydroxylation sites is 1. The number of nitrogens with zero attached hydrogens (tertiary/aromatic N) is 1. The molecule has 1 aliphatic carbocycles. The number of benzene rings is 1. The van der Waals surface area contributed by atoms with Gasteiger partial charge in [0.25, 0.3) is 0 Å². The quantitative estimate of drug-likeness (QED) is 0.728. The molecule has 1 fully saturated rings. The van der Waals surface area contributed by atoms with E-state index >= 15 is 0 Å². The fraction of sp³-hybridized carbons (Fsp3) is 0.462. The molecule has 16 heavy (non-hydrogen) atoms. The molecule has 0 atom stereocenters. The molecule has 0 radical (unpaired) electrons. The lowest BCUT2D eigenvalue weighted by atomic mass is 10.1. The lowest BCUT2D eigenvalue weighted by molar-refractivity contribution is 0.0601. The highest BCUT2D eigenvalue weighted by atomic mass is 16.5. The first-order valence-electron chi connectivity index (χ1n) is 5.61. The van der Waals surface area contributed by atoms with Gasteiger partial charge in [-0.3, -0.25) is 0 Å². The van der Waals surface area contributed by atoms with Crippen molar-refractivity contribution in [3.63, 3.8) is 0 Å². The Morgan fingerprint density at radius 1 is 1.44 bits per heavy atom. The van der Waals surface area contributed by atoms with Crippen molar-refractivity contribution in [2.75, 3.05) is 25.6 Å². The van der Waals surface area contributed by atoms with Gasteiger partial charge in [0.1, 0.15) is 0 Å². The highest BCUT2D eigenvalue weighted by Crippen LogP contribution is 2.31. The van der Waals surface area contributed by atoms with Gasteiger partial charge in [-0.2, -0.15) is 0 Å². The van der Waals surface area contributed by atoms with Crippen LogP contribution in [0.3, 0.4) is 0 Å². The molecule has 0 aromatic heterocycles. The second-order valence-electron chi connectivity index (χ2n) is 4.33. The Morgan fingerprint density at radius 2 is 2.12 bits per heavy atom. The lowest BCUT2D eigenvalue weighted by Crippen LogP contribution is -2.22. The number of carbonyl (C=O) groups is 1. The van der Waals surface area contributed by atoms with Crippen molar-refractivity contribution in [2.24, 2.45) is 5.92 Å². The SMILES string of the molecule is COC(=O)c1ccccc1N(C)CC1CC1. The van der Waals surface area contributed by atoms with Gasteiger partial charge < -0.3 is 9.64 Å². The van der Waals surface area contributed by atoms with Crippen LogP contribution in [-0.4, -0.2) is 26.7 Å². The zero-order valence-corrected chi connectivity index (χ0v) is 9.77. The van der Waals surface area contributed by atoms with Gasteiger partial charge in [-0.25, -0.2) is 4.79 Å². The molecule has 1 aliphatic rings. The van der Waals surface area contributed by atoms with Crippen LogP contribution in [-0.2, 0) is 4.74 Å². The Morgan fingerprint density at radius 3 is 2.75 bits per heavy atom. The number of anilines is 1. The van der Waals surface area contributed by atoms with Crippen molar-refractivity contribution >= 4 is 11.7 Å². The smallest absolute Gasteiger partial charge is 0.339 e. The van der Waals surface area contributed by atoms with Crippen molar-refractivity contribution in [3.05, 3.63) is 29.8 Å². The van der Waals surface area contributed by atoms with E-state index < -0.39 is 0 Å². The average Bonchev–Trinajstić information content (AvgIpc) is 3.12. The molecule has 1 saturated carbocycles. The highest BCUT2D eigenvalue weighted by molar-refractivity contribution is 5.95. The van der Waals surface area contributed by atoms with E-state index in [-0.39, 0.29) is 5.97 Å². The zero-order valence-electron chi connectivity index (χ0n) is 9.77. The summed E-state index contributed by atoms with van der Waals surface area (Å²) >= 11 is 0. The summed E-state index contributed by atoms with van der Waals surface area (Å²) in [5.41, 5.74) is 1.61. The Hall–Kier alpha value is -1.51. The van der Waals surface area contributed by atoms with E-state index in [4.69, 9.17) is 4.74 Å². The second kappa shape index (κ2) is 4.56. The molecular formula is C13H17NO2. The lowest BCUT2D eigenvalue weighted by Gasteiger charge is -2.21. The molecule has 0 amide bonds.